The van der Waals surface area contributed by atoms with E-state index in [0.717, 1.165) is 18.9 Å². The second-order valence-corrected chi connectivity index (χ2v) is 8.02. The average molecular weight is 351 g/mol. The number of hydrogen-bond donors (Lipinski definition) is 1. The van der Waals surface area contributed by atoms with Gasteiger partial charge in [0.1, 0.15) is 4.90 Å². The quantitative estimate of drug-likeness (QED) is 0.889. The normalized spacial score (nSPS) is 18.0. The largest absolute Gasteiger partial charge is 0.333 e. The van der Waals surface area contributed by atoms with Crippen LogP contribution in [-0.2, 0) is 10.0 Å². The van der Waals surface area contributed by atoms with E-state index in [-0.39, 0.29) is 32.0 Å². The third-order valence-corrected chi connectivity index (χ3v) is 5.39. The minimum atomic E-state index is -4.02. The fourth-order valence-electron chi connectivity index (χ4n) is 2.54. The van der Waals surface area contributed by atoms with Gasteiger partial charge in [0.05, 0.1) is 15.6 Å². The average Bonchev–Trinajstić information content (AvgIpc) is 2.66. The molecule has 0 atom stereocenters. The first kappa shape index (κ1) is 16.5. The monoisotopic (exact) mass is 350 g/mol. The Labute approximate surface area is 134 Å². The van der Waals surface area contributed by atoms with E-state index in [2.05, 4.69) is 0 Å². The molecule has 0 unspecified atom stereocenters. The highest BCUT2D eigenvalue weighted by molar-refractivity contribution is 7.89. The maximum Gasteiger partial charge on any atom is 0.255 e. The van der Waals surface area contributed by atoms with Gasteiger partial charge >= 0.3 is 0 Å². The molecule has 0 saturated carbocycles. The van der Waals surface area contributed by atoms with Crippen molar-refractivity contribution in [3.05, 3.63) is 27.7 Å². The summed E-state index contributed by atoms with van der Waals surface area (Å²) in [6, 6.07) is 2.38. The van der Waals surface area contributed by atoms with Crippen LogP contribution in [-0.4, -0.2) is 31.3 Å². The molecular formula is C13H16Cl2N2O3S. The molecule has 5 nitrogen and oxygen atoms in total. The van der Waals surface area contributed by atoms with Gasteiger partial charge < -0.3 is 4.90 Å². The van der Waals surface area contributed by atoms with Crippen LogP contribution < -0.4 is 5.14 Å². The number of hydrogen-bond acceptors (Lipinski definition) is 3. The Bertz CT molecular complexity index is 702. The number of rotatable bonds is 2. The van der Waals surface area contributed by atoms with Crippen LogP contribution in [0.3, 0.4) is 0 Å². The maximum atomic E-state index is 12.6. The number of amides is 1. The molecule has 116 valence electrons. The summed E-state index contributed by atoms with van der Waals surface area (Å²) in [5.74, 6) is -0.316. The molecule has 1 heterocycles. The van der Waals surface area contributed by atoms with Crippen molar-refractivity contribution in [1.82, 2.24) is 4.90 Å². The van der Waals surface area contributed by atoms with Crippen molar-refractivity contribution in [3.63, 3.8) is 0 Å². The van der Waals surface area contributed by atoms with Crippen molar-refractivity contribution in [2.45, 2.75) is 37.1 Å². The number of sulfonamides is 1. The van der Waals surface area contributed by atoms with Crippen LogP contribution in [0.1, 0.15) is 37.0 Å². The van der Waals surface area contributed by atoms with Crippen LogP contribution in [0.25, 0.3) is 0 Å². The Hall–Kier alpha value is -0.820. The SMILES string of the molecule is CC1(C)CCCN1C(=O)c1cc(S(N)(=O)=O)c(Cl)cc1Cl. The number of halogens is 2. The molecule has 0 aliphatic carbocycles. The Morgan fingerprint density at radius 2 is 1.90 bits per heavy atom. The molecule has 1 saturated heterocycles. The van der Waals surface area contributed by atoms with E-state index in [1.807, 2.05) is 13.8 Å². The first-order valence-electron chi connectivity index (χ1n) is 6.38. The Balaban J connectivity index is 2.52. The lowest BCUT2D eigenvalue weighted by Crippen LogP contribution is -2.42. The molecule has 1 fully saturated rings. The van der Waals surface area contributed by atoms with Gasteiger partial charge in [-0.25, -0.2) is 13.6 Å². The number of nitrogens with zero attached hydrogens (tertiary/aromatic N) is 1. The summed E-state index contributed by atoms with van der Waals surface area (Å²) in [5.41, 5.74) is -0.193. The lowest BCUT2D eigenvalue weighted by molar-refractivity contribution is 0.0652. The fraction of sp³-hybridized carbons (Fsp3) is 0.462. The number of carbonyl (C=O) groups excluding carboxylic acids is 1. The number of nitrogens with two attached hydrogens (primary N) is 1. The van der Waals surface area contributed by atoms with Gasteiger partial charge in [-0.2, -0.15) is 0 Å². The summed E-state index contributed by atoms with van der Waals surface area (Å²) < 4.78 is 23.0. The maximum absolute atomic E-state index is 12.6. The molecule has 0 spiro atoms. The van der Waals surface area contributed by atoms with E-state index in [4.69, 9.17) is 28.3 Å². The van der Waals surface area contributed by atoms with Crippen LogP contribution in [0, 0.1) is 0 Å². The second kappa shape index (κ2) is 5.43. The van der Waals surface area contributed by atoms with Gasteiger partial charge in [0.25, 0.3) is 5.91 Å². The Morgan fingerprint density at radius 3 is 2.38 bits per heavy atom. The first-order chi connectivity index (χ1) is 9.54. The summed E-state index contributed by atoms with van der Waals surface area (Å²) >= 11 is 11.9. The first-order valence-corrected chi connectivity index (χ1v) is 8.68. The molecule has 21 heavy (non-hydrogen) atoms. The predicted octanol–water partition coefficient (Wildman–Crippen LogP) is 2.66. The Morgan fingerprint density at radius 1 is 1.29 bits per heavy atom. The number of primary sulfonamides is 1. The van der Waals surface area contributed by atoms with Gasteiger partial charge in [0.15, 0.2) is 0 Å². The summed E-state index contributed by atoms with van der Waals surface area (Å²) in [5, 5.41) is 5.12. The standard InChI is InChI=1S/C13H16Cl2N2O3S/c1-13(2)4-3-5-17(13)12(18)8-6-11(21(16,19)20)10(15)7-9(8)14/h6-7H,3-5H2,1-2H3,(H2,16,19,20). The van der Waals surface area contributed by atoms with Crippen molar-refractivity contribution in [3.8, 4) is 0 Å². The molecule has 1 aromatic carbocycles. The molecule has 1 aliphatic rings. The highest BCUT2D eigenvalue weighted by atomic mass is 35.5. The lowest BCUT2D eigenvalue weighted by Gasteiger charge is -2.32. The lowest BCUT2D eigenvalue weighted by atomic mass is 10.0. The summed E-state index contributed by atoms with van der Waals surface area (Å²) in [7, 11) is -4.02. The molecule has 0 aromatic heterocycles. The minimum Gasteiger partial charge on any atom is -0.333 e. The van der Waals surface area contributed by atoms with E-state index in [1.54, 1.807) is 4.90 Å². The Kier molecular flexibility index (Phi) is 4.28. The summed E-state index contributed by atoms with van der Waals surface area (Å²) in [6.07, 6.45) is 1.78. The third-order valence-electron chi connectivity index (χ3n) is 3.70. The molecule has 1 aromatic rings. The molecular weight excluding hydrogens is 335 g/mol. The molecule has 1 aliphatic heterocycles. The van der Waals surface area contributed by atoms with Gasteiger partial charge in [0.2, 0.25) is 10.0 Å². The molecule has 1 amide bonds. The van der Waals surface area contributed by atoms with Crippen molar-refractivity contribution in [2.75, 3.05) is 6.54 Å². The molecule has 2 rings (SSSR count). The van der Waals surface area contributed by atoms with Gasteiger partial charge in [-0.3, -0.25) is 4.79 Å². The number of likely N-dealkylation sites (tertiary alicyclic amines) is 1. The van der Waals surface area contributed by atoms with Crippen molar-refractivity contribution in [1.29, 1.82) is 0 Å². The predicted molar refractivity (Wildman–Crippen MR) is 82.2 cm³/mol. The summed E-state index contributed by atoms with van der Waals surface area (Å²) in [4.78, 5) is 14.0. The zero-order valence-corrected chi connectivity index (χ0v) is 14.0. The van der Waals surface area contributed by atoms with Crippen LogP contribution in [0.4, 0.5) is 0 Å². The van der Waals surface area contributed by atoms with Crippen LogP contribution in [0.15, 0.2) is 17.0 Å². The molecule has 0 bridgehead atoms. The summed E-state index contributed by atoms with van der Waals surface area (Å²) in [6.45, 7) is 4.53. The van der Waals surface area contributed by atoms with E-state index in [1.165, 1.54) is 6.07 Å². The van der Waals surface area contributed by atoms with Gasteiger partial charge in [-0.1, -0.05) is 23.2 Å². The second-order valence-electron chi connectivity index (χ2n) is 5.68. The van der Waals surface area contributed by atoms with Gasteiger partial charge in [-0.05, 0) is 38.8 Å². The van der Waals surface area contributed by atoms with E-state index in [0.29, 0.717) is 6.54 Å². The topological polar surface area (TPSA) is 80.5 Å². The molecule has 2 N–H and O–H groups in total. The third kappa shape index (κ3) is 3.18. The van der Waals surface area contributed by atoms with Gasteiger partial charge in [0, 0.05) is 12.1 Å². The number of benzene rings is 1. The van der Waals surface area contributed by atoms with E-state index in [9.17, 15) is 13.2 Å². The smallest absolute Gasteiger partial charge is 0.255 e. The molecule has 0 radical (unpaired) electrons. The molecule has 8 heteroatoms. The van der Waals surface area contributed by atoms with E-state index < -0.39 is 10.0 Å². The zero-order chi connectivity index (χ0) is 16.0. The highest BCUT2D eigenvalue weighted by Crippen LogP contribution is 2.33. The van der Waals surface area contributed by atoms with Gasteiger partial charge in [-0.15, -0.1) is 0 Å². The van der Waals surface area contributed by atoms with Crippen LogP contribution in [0.5, 0.6) is 0 Å². The zero-order valence-electron chi connectivity index (χ0n) is 11.7. The van der Waals surface area contributed by atoms with Crippen molar-refractivity contribution < 1.29 is 13.2 Å². The fourth-order valence-corrected chi connectivity index (χ4v) is 3.94. The minimum absolute atomic E-state index is 0.0973. The van der Waals surface area contributed by atoms with Crippen molar-refractivity contribution in [2.24, 2.45) is 5.14 Å². The highest BCUT2D eigenvalue weighted by Gasteiger charge is 2.36. The van der Waals surface area contributed by atoms with Crippen LogP contribution >= 0.6 is 23.2 Å². The number of carbonyl (C=O) groups is 1. The van der Waals surface area contributed by atoms with Crippen LogP contribution in [0.2, 0.25) is 10.0 Å². The van der Waals surface area contributed by atoms with E-state index >= 15 is 0 Å². The van der Waals surface area contributed by atoms with Crippen molar-refractivity contribution >= 4 is 39.1 Å².